The Balaban J connectivity index is 1.78. The Hall–Kier alpha value is -0.980. The van der Waals surface area contributed by atoms with Gasteiger partial charge >= 0.3 is 0 Å². The first kappa shape index (κ1) is 13.0. The summed E-state index contributed by atoms with van der Waals surface area (Å²) in [6, 6.07) is 2.10. The molecule has 19 heavy (non-hydrogen) atoms. The largest absolute Gasteiger partial charge is 0.340 e. The SMILES string of the molecule is Brc1csc(-c2cnc(N3CCCNCC3)nc2)c1. The van der Waals surface area contributed by atoms with Gasteiger partial charge in [0.05, 0.1) is 0 Å². The molecule has 1 N–H and O–H groups in total. The molecule has 0 amide bonds. The van der Waals surface area contributed by atoms with Gasteiger partial charge in [-0.1, -0.05) is 0 Å². The Morgan fingerprint density at radius 3 is 2.79 bits per heavy atom. The van der Waals surface area contributed by atoms with Gasteiger partial charge in [0.15, 0.2) is 0 Å². The van der Waals surface area contributed by atoms with Crippen LogP contribution in [0.1, 0.15) is 6.42 Å². The van der Waals surface area contributed by atoms with Crippen molar-refractivity contribution in [2.45, 2.75) is 6.42 Å². The predicted molar refractivity (Wildman–Crippen MR) is 82.7 cm³/mol. The minimum atomic E-state index is 0.836. The van der Waals surface area contributed by atoms with Gasteiger partial charge in [0, 0.05) is 52.3 Å². The van der Waals surface area contributed by atoms with Crippen molar-refractivity contribution in [2.24, 2.45) is 0 Å². The van der Waals surface area contributed by atoms with Gasteiger partial charge in [0.1, 0.15) is 0 Å². The molecular weight excluding hydrogens is 324 g/mol. The van der Waals surface area contributed by atoms with E-state index in [2.05, 4.69) is 47.6 Å². The molecule has 0 saturated carbocycles. The number of halogens is 1. The summed E-state index contributed by atoms with van der Waals surface area (Å²) in [5, 5.41) is 5.46. The van der Waals surface area contributed by atoms with Crippen molar-refractivity contribution < 1.29 is 0 Å². The summed E-state index contributed by atoms with van der Waals surface area (Å²) in [7, 11) is 0. The molecule has 3 rings (SSSR count). The Bertz CT molecular complexity index is 532. The average Bonchev–Trinajstić information content (AvgIpc) is 2.72. The van der Waals surface area contributed by atoms with E-state index in [1.807, 2.05) is 12.4 Å². The molecule has 1 aliphatic rings. The Labute approximate surface area is 125 Å². The normalized spacial score (nSPS) is 16.4. The molecule has 0 unspecified atom stereocenters. The van der Waals surface area contributed by atoms with E-state index in [1.54, 1.807) is 11.3 Å². The van der Waals surface area contributed by atoms with Gasteiger partial charge in [-0.15, -0.1) is 11.3 Å². The molecule has 0 radical (unpaired) electrons. The summed E-state index contributed by atoms with van der Waals surface area (Å²) >= 11 is 5.17. The molecule has 0 aliphatic carbocycles. The smallest absolute Gasteiger partial charge is 0.225 e. The zero-order valence-electron chi connectivity index (χ0n) is 10.5. The van der Waals surface area contributed by atoms with Crippen LogP contribution < -0.4 is 10.2 Å². The molecule has 2 aromatic heterocycles. The van der Waals surface area contributed by atoms with E-state index < -0.39 is 0 Å². The molecule has 0 aromatic carbocycles. The van der Waals surface area contributed by atoms with Crippen molar-refractivity contribution >= 4 is 33.2 Å². The molecule has 100 valence electrons. The maximum absolute atomic E-state index is 4.51. The highest BCUT2D eigenvalue weighted by atomic mass is 79.9. The van der Waals surface area contributed by atoms with Crippen LogP contribution in [-0.4, -0.2) is 36.1 Å². The zero-order valence-corrected chi connectivity index (χ0v) is 12.9. The number of nitrogens with zero attached hydrogens (tertiary/aromatic N) is 3. The van der Waals surface area contributed by atoms with Crippen molar-refractivity contribution in [3.63, 3.8) is 0 Å². The van der Waals surface area contributed by atoms with Gasteiger partial charge in [-0.25, -0.2) is 9.97 Å². The van der Waals surface area contributed by atoms with Crippen LogP contribution in [0, 0.1) is 0 Å². The van der Waals surface area contributed by atoms with E-state index in [9.17, 15) is 0 Å². The van der Waals surface area contributed by atoms with Gasteiger partial charge in [0.2, 0.25) is 5.95 Å². The fourth-order valence-electron chi connectivity index (χ4n) is 2.12. The topological polar surface area (TPSA) is 41.1 Å². The number of hydrogen-bond acceptors (Lipinski definition) is 5. The minimum absolute atomic E-state index is 0.836. The number of thiophene rings is 1. The van der Waals surface area contributed by atoms with E-state index in [0.717, 1.165) is 48.6 Å². The van der Waals surface area contributed by atoms with Crippen molar-refractivity contribution in [3.05, 3.63) is 28.3 Å². The van der Waals surface area contributed by atoms with Crippen molar-refractivity contribution in [1.82, 2.24) is 15.3 Å². The number of anilines is 1. The third-order valence-corrected chi connectivity index (χ3v) is 4.85. The molecule has 2 aromatic rings. The van der Waals surface area contributed by atoms with Crippen molar-refractivity contribution in [2.75, 3.05) is 31.1 Å². The molecule has 6 heteroatoms. The third-order valence-electron chi connectivity index (χ3n) is 3.11. The van der Waals surface area contributed by atoms with E-state index in [0.29, 0.717) is 0 Å². The van der Waals surface area contributed by atoms with Gasteiger partial charge in [-0.05, 0) is 35.0 Å². The second-order valence-corrected chi connectivity index (χ2v) is 6.32. The van der Waals surface area contributed by atoms with Gasteiger partial charge in [-0.2, -0.15) is 0 Å². The second kappa shape index (κ2) is 5.98. The summed E-state index contributed by atoms with van der Waals surface area (Å²) in [6.45, 7) is 4.08. The van der Waals surface area contributed by atoms with Crippen LogP contribution in [0.2, 0.25) is 0 Å². The predicted octanol–water partition coefficient (Wildman–Crippen LogP) is 2.77. The van der Waals surface area contributed by atoms with Crippen molar-refractivity contribution in [3.8, 4) is 10.4 Å². The molecule has 4 nitrogen and oxygen atoms in total. The zero-order chi connectivity index (χ0) is 13.1. The lowest BCUT2D eigenvalue weighted by molar-refractivity contribution is 0.724. The fourth-order valence-corrected chi connectivity index (χ4v) is 3.53. The summed E-state index contributed by atoms with van der Waals surface area (Å²) in [5.41, 5.74) is 1.08. The molecular formula is C13H15BrN4S. The van der Waals surface area contributed by atoms with E-state index in [-0.39, 0.29) is 0 Å². The lowest BCUT2D eigenvalue weighted by Crippen LogP contribution is -2.29. The minimum Gasteiger partial charge on any atom is -0.340 e. The van der Waals surface area contributed by atoms with Crippen LogP contribution in [-0.2, 0) is 0 Å². The van der Waals surface area contributed by atoms with Gasteiger partial charge < -0.3 is 10.2 Å². The molecule has 0 atom stereocenters. The number of hydrogen-bond donors (Lipinski definition) is 1. The maximum atomic E-state index is 4.51. The molecule has 1 fully saturated rings. The summed E-state index contributed by atoms with van der Waals surface area (Å²) < 4.78 is 1.11. The Morgan fingerprint density at radius 1 is 1.21 bits per heavy atom. The quantitative estimate of drug-likeness (QED) is 0.914. The second-order valence-electron chi connectivity index (χ2n) is 4.49. The van der Waals surface area contributed by atoms with Crippen LogP contribution in [0.4, 0.5) is 5.95 Å². The van der Waals surface area contributed by atoms with Gasteiger partial charge in [0.25, 0.3) is 0 Å². The first-order chi connectivity index (χ1) is 9.33. The molecule has 0 bridgehead atoms. The molecule has 3 heterocycles. The van der Waals surface area contributed by atoms with Crippen LogP contribution in [0.3, 0.4) is 0 Å². The number of nitrogens with one attached hydrogen (secondary N) is 1. The summed E-state index contributed by atoms with van der Waals surface area (Å²) in [5.74, 6) is 0.836. The molecule has 1 saturated heterocycles. The van der Waals surface area contributed by atoms with E-state index in [4.69, 9.17) is 0 Å². The number of rotatable bonds is 2. The lowest BCUT2D eigenvalue weighted by Gasteiger charge is -2.19. The van der Waals surface area contributed by atoms with E-state index >= 15 is 0 Å². The molecule has 1 aliphatic heterocycles. The first-order valence-electron chi connectivity index (χ1n) is 6.35. The highest BCUT2D eigenvalue weighted by molar-refractivity contribution is 9.10. The Kier molecular flexibility index (Phi) is 4.10. The standard InChI is InChI=1S/C13H15BrN4S/c14-11-6-12(19-9-11)10-7-16-13(17-8-10)18-4-1-2-15-3-5-18/h6-9,15H,1-5H2. The highest BCUT2D eigenvalue weighted by Gasteiger charge is 2.12. The van der Waals surface area contributed by atoms with Crippen LogP contribution in [0.15, 0.2) is 28.3 Å². The fraction of sp³-hybridized carbons (Fsp3) is 0.385. The first-order valence-corrected chi connectivity index (χ1v) is 8.02. The maximum Gasteiger partial charge on any atom is 0.225 e. The van der Waals surface area contributed by atoms with E-state index in [1.165, 1.54) is 4.88 Å². The lowest BCUT2D eigenvalue weighted by atomic mass is 10.3. The summed E-state index contributed by atoms with van der Waals surface area (Å²) in [6.07, 6.45) is 4.97. The van der Waals surface area contributed by atoms with Crippen molar-refractivity contribution in [1.29, 1.82) is 0 Å². The molecule has 0 spiro atoms. The Morgan fingerprint density at radius 2 is 2.05 bits per heavy atom. The number of aromatic nitrogens is 2. The van der Waals surface area contributed by atoms with Crippen LogP contribution in [0.25, 0.3) is 10.4 Å². The van der Waals surface area contributed by atoms with Crippen LogP contribution in [0.5, 0.6) is 0 Å². The monoisotopic (exact) mass is 338 g/mol. The highest BCUT2D eigenvalue weighted by Crippen LogP contribution is 2.29. The van der Waals surface area contributed by atoms with Gasteiger partial charge in [-0.3, -0.25) is 0 Å². The average molecular weight is 339 g/mol. The third kappa shape index (κ3) is 3.13. The van der Waals surface area contributed by atoms with Crippen LogP contribution >= 0.6 is 27.3 Å². The summed E-state index contributed by atoms with van der Waals surface area (Å²) in [4.78, 5) is 12.5.